The van der Waals surface area contributed by atoms with Gasteiger partial charge in [0, 0.05) is 19.1 Å². The van der Waals surface area contributed by atoms with Gasteiger partial charge in [-0.2, -0.15) is 0 Å². The summed E-state index contributed by atoms with van der Waals surface area (Å²) in [5.41, 5.74) is 0.998. The van der Waals surface area contributed by atoms with Crippen LogP contribution in [0, 0.1) is 5.92 Å². The normalized spacial score (nSPS) is 18.4. The fourth-order valence-electron chi connectivity index (χ4n) is 2.34. The van der Waals surface area contributed by atoms with Crippen molar-refractivity contribution in [3.8, 4) is 0 Å². The molecule has 1 aliphatic rings. The first-order valence-electron chi connectivity index (χ1n) is 5.88. The summed E-state index contributed by atoms with van der Waals surface area (Å²) >= 11 is 12.2. The van der Waals surface area contributed by atoms with E-state index in [9.17, 15) is 4.79 Å². The molecule has 18 heavy (non-hydrogen) atoms. The maximum atomic E-state index is 10.6. The third-order valence-corrected chi connectivity index (χ3v) is 4.26. The number of carbonyl (C=O) groups is 1. The zero-order valence-electron chi connectivity index (χ0n) is 10.1. The summed E-state index contributed by atoms with van der Waals surface area (Å²) in [6.07, 6.45) is 0.243. The third-order valence-electron chi connectivity index (χ3n) is 3.43. The molecule has 1 fully saturated rings. The first-order chi connectivity index (χ1) is 8.49. The lowest BCUT2D eigenvalue weighted by atomic mass is 9.92. The maximum Gasteiger partial charge on any atom is 0.303 e. The average Bonchev–Trinajstić information content (AvgIpc) is 2.25. The van der Waals surface area contributed by atoms with E-state index in [2.05, 4.69) is 11.8 Å². The second-order valence-corrected chi connectivity index (χ2v) is 5.52. The Hall–Kier alpha value is -0.770. The van der Waals surface area contributed by atoms with Crippen molar-refractivity contribution < 1.29 is 9.90 Å². The number of halogens is 2. The summed E-state index contributed by atoms with van der Waals surface area (Å²) in [7, 11) is 0. The molecule has 2 rings (SSSR count). The van der Waals surface area contributed by atoms with Crippen molar-refractivity contribution in [1.82, 2.24) is 4.90 Å². The Morgan fingerprint density at radius 3 is 2.78 bits per heavy atom. The van der Waals surface area contributed by atoms with Crippen LogP contribution in [0.5, 0.6) is 0 Å². The molecule has 1 aromatic rings. The van der Waals surface area contributed by atoms with E-state index in [1.54, 1.807) is 6.07 Å². The van der Waals surface area contributed by atoms with Gasteiger partial charge in [0.2, 0.25) is 0 Å². The summed E-state index contributed by atoms with van der Waals surface area (Å²) in [5.74, 6) is -0.476. The molecule has 0 aromatic heterocycles. The number of carboxylic acids is 1. The fraction of sp³-hybridized carbons (Fsp3) is 0.462. The molecule has 1 N–H and O–H groups in total. The minimum Gasteiger partial charge on any atom is -0.481 e. The van der Waals surface area contributed by atoms with Crippen molar-refractivity contribution in [2.75, 3.05) is 13.1 Å². The molecular formula is C13H15Cl2NO2. The fourth-order valence-corrected chi connectivity index (χ4v) is 2.81. The van der Waals surface area contributed by atoms with E-state index >= 15 is 0 Å². The van der Waals surface area contributed by atoms with Gasteiger partial charge in [-0.3, -0.25) is 9.69 Å². The van der Waals surface area contributed by atoms with Crippen LogP contribution in [0.25, 0.3) is 0 Å². The van der Waals surface area contributed by atoms with Crippen LogP contribution in [0.4, 0.5) is 0 Å². The molecule has 0 aliphatic carbocycles. The third kappa shape index (κ3) is 2.79. The van der Waals surface area contributed by atoms with E-state index in [-0.39, 0.29) is 18.4 Å². The molecule has 1 aliphatic heterocycles. The van der Waals surface area contributed by atoms with Crippen molar-refractivity contribution >= 4 is 29.2 Å². The van der Waals surface area contributed by atoms with Crippen LogP contribution in [-0.2, 0) is 4.79 Å². The van der Waals surface area contributed by atoms with Gasteiger partial charge in [0.25, 0.3) is 0 Å². The summed E-state index contributed by atoms with van der Waals surface area (Å²) in [6.45, 7) is 3.67. The van der Waals surface area contributed by atoms with Crippen molar-refractivity contribution in [2.24, 2.45) is 5.92 Å². The summed E-state index contributed by atoms with van der Waals surface area (Å²) < 4.78 is 0. The number of nitrogens with zero attached hydrogens (tertiary/aromatic N) is 1. The van der Waals surface area contributed by atoms with Gasteiger partial charge in [0.05, 0.1) is 16.5 Å². The lowest BCUT2D eigenvalue weighted by Crippen LogP contribution is -2.48. The Morgan fingerprint density at radius 2 is 2.17 bits per heavy atom. The molecule has 1 aromatic carbocycles. The van der Waals surface area contributed by atoms with Gasteiger partial charge < -0.3 is 5.11 Å². The highest BCUT2D eigenvalue weighted by Crippen LogP contribution is 2.36. The lowest BCUT2D eigenvalue weighted by molar-refractivity contribution is -0.139. The number of hydrogen-bond acceptors (Lipinski definition) is 2. The molecule has 0 amide bonds. The predicted molar refractivity (Wildman–Crippen MR) is 72.2 cm³/mol. The molecule has 98 valence electrons. The monoisotopic (exact) mass is 287 g/mol. The highest BCUT2D eigenvalue weighted by molar-refractivity contribution is 6.42. The Morgan fingerprint density at radius 1 is 1.50 bits per heavy atom. The van der Waals surface area contributed by atoms with Gasteiger partial charge in [-0.1, -0.05) is 35.3 Å². The summed E-state index contributed by atoms with van der Waals surface area (Å²) in [6, 6.07) is 5.78. The van der Waals surface area contributed by atoms with Gasteiger partial charge in [-0.15, -0.1) is 0 Å². The second kappa shape index (κ2) is 5.47. The van der Waals surface area contributed by atoms with E-state index < -0.39 is 5.97 Å². The largest absolute Gasteiger partial charge is 0.481 e. The van der Waals surface area contributed by atoms with Gasteiger partial charge >= 0.3 is 5.97 Å². The number of rotatable bonds is 4. The topological polar surface area (TPSA) is 40.5 Å². The Kier molecular flexibility index (Phi) is 4.15. The van der Waals surface area contributed by atoms with Crippen LogP contribution in [0.1, 0.15) is 24.9 Å². The van der Waals surface area contributed by atoms with Crippen molar-refractivity contribution in [2.45, 2.75) is 19.4 Å². The lowest BCUT2D eigenvalue weighted by Gasteiger charge is -2.43. The number of aliphatic carboxylic acids is 1. The van der Waals surface area contributed by atoms with Crippen molar-refractivity contribution in [1.29, 1.82) is 0 Å². The number of hydrogen-bond donors (Lipinski definition) is 1. The maximum absolute atomic E-state index is 10.6. The minimum atomic E-state index is -0.729. The van der Waals surface area contributed by atoms with Crippen LogP contribution in [-0.4, -0.2) is 29.1 Å². The smallest absolute Gasteiger partial charge is 0.303 e. The highest BCUT2D eigenvalue weighted by atomic mass is 35.5. The zero-order chi connectivity index (χ0) is 13.3. The van der Waals surface area contributed by atoms with Gasteiger partial charge in [0.15, 0.2) is 0 Å². The van der Waals surface area contributed by atoms with Crippen LogP contribution >= 0.6 is 23.2 Å². The predicted octanol–water partition coefficient (Wildman–Crippen LogP) is 3.46. The molecule has 3 nitrogen and oxygen atoms in total. The zero-order valence-corrected chi connectivity index (χ0v) is 11.6. The van der Waals surface area contributed by atoms with E-state index in [0.29, 0.717) is 10.0 Å². The number of likely N-dealkylation sites (tertiary alicyclic amines) is 1. The van der Waals surface area contributed by atoms with Crippen molar-refractivity contribution in [3.05, 3.63) is 33.8 Å². The van der Waals surface area contributed by atoms with E-state index in [1.165, 1.54) is 0 Å². The van der Waals surface area contributed by atoms with Crippen LogP contribution in [0.3, 0.4) is 0 Å². The van der Waals surface area contributed by atoms with Crippen LogP contribution in [0.2, 0.25) is 10.0 Å². The Balaban J connectivity index is 1.99. The molecule has 0 radical (unpaired) electrons. The number of carboxylic acid groups (broad SMARTS) is 1. The average molecular weight is 288 g/mol. The second-order valence-electron chi connectivity index (χ2n) is 4.74. The van der Waals surface area contributed by atoms with Crippen LogP contribution < -0.4 is 0 Å². The molecule has 1 unspecified atom stereocenters. The standard InChI is InChI=1S/C13H15Cl2NO2/c1-8(10-3-2-4-11(14)13(10)15)16-6-9(7-16)5-12(17)18/h2-4,8-9H,5-7H2,1H3,(H,17,18). The molecular weight excluding hydrogens is 273 g/mol. The Bertz CT molecular complexity index is 458. The summed E-state index contributed by atoms with van der Waals surface area (Å²) in [4.78, 5) is 12.8. The molecule has 0 saturated carbocycles. The van der Waals surface area contributed by atoms with Crippen LogP contribution in [0.15, 0.2) is 18.2 Å². The SMILES string of the molecule is CC(c1cccc(Cl)c1Cl)N1CC(CC(=O)O)C1. The first-order valence-corrected chi connectivity index (χ1v) is 6.64. The first kappa shape index (κ1) is 13.7. The molecule has 1 saturated heterocycles. The number of benzene rings is 1. The molecule has 5 heteroatoms. The van der Waals surface area contributed by atoms with E-state index in [4.69, 9.17) is 28.3 Å². The van der Waals surface area contributed by atoms with Gasteiger partial charge in [-0.25, -0.2) is 0 Å². The van der Waals surface area contributed by atoms with Gasteiger partial charge in [0.1, 0.15) is 0 Å². The van der Waals surface area contributed by atoms with E-state index in [1.807, 2.05) is 12.1 Å². The minimum absolute atomic E-state index is 0.168. The van der Waals surface area contributed by atoms with Crippen molar-refractivity contribution in [3.63, 3.8) is 0 Å². The quantitative estimate of drug-likeness (QED) is 0.922. The van der Waals surface area contributed by atoms with E-state index in [0.717, 1.165) is 18.7 Å². The van der Waals surface area contributed by atoms with Gasteiger partial charge in [-0.05, 0) is 24.5 Å². The molecule has 0 spiro atoms. The molecule has 1 heterocycles. The molecule has 1 atom stereocenters. The summed E-state index contributed by atoms with van der Waals surface area (Å²) in [5, 5.41) is 9.86. The Labute approximate surface area is 116 Å². The highest BCUT2D eigenvalue weighted by Gasteiger charge is 2.32. The molecule has 0 bridgehead atoms.